The lowest BCUT2D eigenvalue weighted by Crippen LogP contribution is -2.41. The monoisotopic (exact) mass is 314 g/mol. The highest BCUT2D eigenvalue weighted by molar-refractivity contribution is 5.97. The lowest BCUT2D eigenvalue weighted by Gasteiger charge is -2.31. The van der Waals surface area contributed by atoms with Gasteiger partial charge >= 0.3 is 0 Å². The van der Waals surface area contributed by atoms with Crippen LogP contribution in [-0.2, 0) is 4.74 Å². The van der Waals surface area contributed by atoms with Crippen molar-refractivity contribution in [2.24, 2.45) is 0 Å². The zero-order chi connectivity index (χ0) is 16.1. The molecular weight excluding hydrogens is 292 g/mol. The van der Waals surface area contributed by atoms with Crippen LogP contribution < -0.4 is 5.32 Å². The number of aromatic nitrogens is 1. The first-order valence-corrected chi connectivity index (χ1v) is 7.99. The number of carbonyl (C=O) groups is 1. The Kier molecular flexibility index (Phi) is 4.79. The van der Waals surface area contributed by atoms with Crippen molar-refractivity contribution in [3.05, 3.63) is 54.4 Å². The second-order valence-corrected chi connectivity index (χ2v) is 5.99. The van der Waals surface area contributed by atoms with Gasteiger partial charge in [-0.25, -0.2) is 0 Å². The van der Waals surface area contributed by atoms with E-state index < -0.39 is 5.60 Å². The fourth-order valence-electron chi connectivity index (χ4n) is 2.92. The number of hydrogen-bond donors (Lipinski definition) is 2. The van der Waals surface area contributed by atoms with Crippen molar-refractivity contribution in [3.8, 4) is 5.69 Å². The minimum absolute atomic E-state index is 0.130. The summed E-state index contributed by atoms with van der Waals surface area (Å²) in [7, 11) is 0. The van der Waals surface area contributed by atoms with Crippen molar-refractivity contribution in [2.45, 2.75) is 24.9 Å². The second-order valence-electron chi connectivity index (χ2n) is 5.99. The van der Waals surface area contributed by atoms with Crippen LogP contribution in [0.15, 0.2) is 48.8 Å². The van der Waals surface area contributed by atoms with E-state index >= 15 is 0 Å². The number of nitrogens with one attached hydrogen (secondary N) is 1. The Morgan fingerprint density at radius 3 is 2.78 bits per heavy atom. The van der Waals surface area contributed by atoms with Gasteiger partial charge in [-0.15, -0.1) is 0 Å². The topological polar surface area (TPSA) is 63.5 Å². The molecule has 1 unspecified atom stereocenters. The Hall–Kier alpha value is -2.11. The molecule has 1 aromatic carbocycles. The standard InChI is InChI=1S/C18H22N2O3/c21-17(19-10-9-18(22)8-5-13-23-14-18)15-6-1-2-7-16(15)20-11-3-4-12-20/h1-4,6-7,11-12,22H,5,8-10,13-14H2,(H,19,21). The highest BCUT2D eigenvalue weighted by Crippen LogP contribution is 2.22. The molecular formula is C18H22N2O3. The van der Waals surface area contributed by atoms with E-state index in [0.29, 0.717) is 31.7 Å². The Morgan fingerprint density at radius 2 is 2.04 bits per heavy atom. The molecule has 0 radical (unpaired) electrons. The molecule has 1 atom stereocenters. The third-order valence-corrected chi connectivity index (χ3v) is 4.21. The summed E-state index contributed by atoms with van der Waals surface area (Å²) in [5.41, 5.74) is 0.649. The van der Waals surface area contributed by atoms with Gasteiger partial charge in [0.1, 0.15) is 0 Å². The second kappa shape index (κ2) is 6.98. The lowest BCUT2D eigenvalue weighted by atomic mass is 9.93. The third kappa shape index (κ3) is 3.81. The molecule has 122 valence electrons. The number of carbonyl (C=O) groups excluding carboxylic acids is 1. The molecule has 0 aliphatic carbocycles. The van der Waals surface area contributed by atoms with Gasteiger partial charge in [0.05, 0.1) is 23.5 Å². The molecule has 1 saturated heterocycles. The number of ether oxygens (including phenoxy) is 1. The van der Waals surface area contributed by atoms with E-state index in [4.69, 9.17) is 4.74 Å². The van der Waals surface area contributed by atoms with Crippen LogP contribution in [0.1, 0.15) is 29.6 Å². The molecule has 0 spiro atoms. The minimum atomic E-state index is -0.814. The number of rotatable bonds is 5. The summed E-state index contributed by atoms with van der Waals surface area (Å²) in [5.74, 6) is -0.130. The smallest absolute Gasteiger partial charge is 0.253 e. The Labute approximate surface area is 135 Å². The van der Waals surface area contributed by atoms with Crippen molar-refractivity contribution >= 4 is 5.91 Å². The first kappa shape index (κ1) is 15.8. The number of aliphatic hydroxyl groups is 1. The van der Waals surface area contributed by atoms with Gasteiger partial charge in [0.25, 0.3) is 5.91 Å². The van der Waals surface area contributed by atoms with Crippen molar-refractivity contribution < 1.29 is 14.6 Å². The minimum Gasteiger partial charge on any atom is -0.387 e. The van der Waals surface area contributed by atoms with Crippen LogP contribution in [0.5, 0.6) is 0 Å². The van der Waals surface area contributed by atoms with Gasteiger partial charge in [-0.1, -0.05) is 12.1 Å². The number of amides is 1. The highest BCUT2D eigenvalue weighted by atomic mass is 16.5. The van der Waals surface area contributed by atoms with Gasteiger partial charge in [-0.05, 0) is 43.5 Å². The third-order valence-electron chi connectivity index (χ3n) is 4.21. The van der Waals surface area contributed by atoms with E-state index in [1.807, 2.05) is 53.4 Å². The summed E-state index contributed by atoms with van der Waals surface area (Å²) in [5, 5.41) is 13.3. The molecule has 2 aromatic rings. The van der Waals surface area contributed by atoms with Crippen molar-refractivity contribution in [1.29, 1.82) is 0 Å². The summed E-state index contributed by atoms with van der Waals surface area (Å²) in [6.45, 7) is 1.49. The van der Waals surface area contributed by atoms with Gasteiger partial charge in [0.15, 0.2) is 0 Å². The average molecular weight is 314 g/mol. The summed E-state index contributed by atoms with van der Waals surface area (Å²) >= 11 is 0. The number of hydrogen-bond acceptors (Lipinski definition) is 3. The Bertz CT molecular complexity index is 646. The van der Waals surface area contributed by atoms with E-state index in [1.165, 1.54) is 0 Å². The normalized spacial score (nSPS) is 21.1. The molecule has 5 nitrogen and oxygen atoms in total. The van der Waals surface area contributed by atoms with Gasteiger partial charge in [0, 0.05) is 25.5 Å². The molecule has 1 aliphatic rings. The maximum atomic E-state index is 12.5. The van der Waals surface area contributed by atoms with Crippen LogP contribution in [0.25, 0.3) is 5.69 Å². The van der Waals surface area contributed by atoms with Crippen LogP contribution in [0.4, 0.5) is 0 Å². The summed E-state index contributed by atoms with van der Waals surface area (Å²) in [4.78, 5) is 12.5. The zero-order valence-corrected chi connectivity index (χ0v) is 13.1. The fraction of sp³-hybridized carbons (Fsp3) is 0.389. The van der Waals surface area contributed by atoms with Gasteiger partial charge in [0.2, 0.25) is 0 Å². The molecule has 2 N–H and O–H groups in total. The molecule has 1 aliphatic heterocycles. The molecule has 23 heavy (non-hydrogen) atoms. The molecule has 1 aromatic heterocycles. The van der Waals surface area contributed by atoms with Gasteiger partial charge in [-0.2, -0.15) is 0 Å². The van der Waals surface area contributed by atoms with Crippen LogP contribution in [0, 0.1) is 0 Å². The van der Waals surface area contributed by atoms with E-state index in [9.17, 15) is 9.90 Å². The van der Waals surface area contributed by atoms with Crippen LogP contribution in [-0.4, -0.2) is 40.9 Å². The summed E-state index contributed by atoms with van der Waals surface area (Å²) in [6, 6.07) is 11.3. The first-order valence-electron chi connectivity index (χ1n) is 7.99. The van der Waals surface area contributed by atoms with Gasteiger partial charge < -0.3 is 19.7 Å². The summed E-state index contributed by atoms with van der Waals surface area (Å²) in [6.07, 6.45) is 5.91. The maximum Gasteiger partial charge on any atom is 0.253 e. The molecule has 0 bridgehead atoms. The van der Waals surface area contributed by atoms with Gasteiger partial charge in [-0.3, -0.25) is 4.79 Å². The van der Waals surface area contributed by atoms with E-state index in [2.05, 4.69) is 5.32 Å². The number of benzene rings is 1. The molecule has 2 heterocycles. The fourth-order valence-corrected chi connectivity index (χ4v) is 2.92. The Balaban J connectivity index is 1.63. The highest BCUT2D eigenvalue weighted by Gasteiger charge is 2.29. The molecule has 1 fully saturated rings. The maximum absolute atomic E-state index is 12.5. The zero-order valence-electron chi connectivity index (χ0n) is 13.1. The van der Waals surface area contributed by atoms with E-state index in [1.54, 1.807) is 0 Å². The van der Waals surface area contributed by atoms with Crippen LogP contribution in [0.2, 0.25) is 0 Å². The first-order chi connectivity index (χ1) is 11.2. The SMILES string of the molecule is O=C(NCCC1(O)CCCOC1)c1ccccc1-n1cccc1. The molecule has 5 heteroatoms. The van der Waals surface area contributed by atoms with Crippen LogP contribution in [0.3, 0.4) is 0 Å². The quantitative estimate of drug-likeness (QED) is 0.889. The lowest BCUT2D eigenvalue weighted by molar-refractivity contribution is -0.0887. The number of nitrogens with zero attached hydrogens (tertiary/aromatic N) is 1. The Morgan fingerprint density at radius 1 is 1.26 bits per heavy atom. The molecule has 3 rings (SSSR count). The largest absolute Gasteiger partial charge is 0.387 e. The van der Waals surface area contributed by atoms with E-state index in [-0.39, 0.29) is 5.91 Å². The van der Waals surface area contributed by atoms with Crippen LogP contribution >= 0.6 is 0 Å². The van der Waals surface area contributed by atoms with Crippen molar-refractivity contribution in [1.82, 2.24) is 9.88 Å². The molecule has 0 saturated carbocycles. The predicted octanol–water partition coefficient (Wildman–Crippen LogP) is 2.14. The summed E-state index contributed by atoms with van der Waals surface area (Å²) < 4.78 is 7.24. The predicted molar refractivity (Wildman–Crippen MR) is 87.7 cm³/mol. The molecule has 1 amide bonds. The van der Waals surface area contributed by atoms with Crippen molar-refractivity contribution in [2.75, 3.05) is 19.8 Å². The van der Waals surface area contributed by atoms with Crippen molar-refractivity contribution in [3.63, 3.8) is 0 Å². The van der Waals surface area contributed by atoms with E-state index in [0.717, 1.165) is 18.5 Å². The number of para-hydroxylation sites is 1. The average Bonchev–Trinajstić information content (AvgIpc) is 3.09.